The van der Waals surface area contributed by atoms with E-state index >= 15 is 0 Å². The fraction of sp³-hybridized carbons (Fsp3) is 0.875. The highest BCUT2D eigenvalue weighted by atomic mass is 16.7. The van der Waals surface area contributed by atoms with Gasteiger partial charge in [0.1, 0.15) is 12.6 Å². The molecular formula is C8H15NO5. The molecule has 82 valence electrons. The zero-order valence-corrected chi connectivity index (χ0v) is 8.01. The molecule has 1 aliphatic heterocycles. The van der Waals surface area contributed by atoms with Gasteiger partial charge in [-0.2, -0.15) is 0 Å². The number of esters is 1. The molecule has 1 heterocycles. The molecule has 0 aromatic heterocycles. The van der Waals surface area contributed by atoms with E-state index in [2.05, 4.69) is 0 Å². The number of ether oxygens (including phenoxy) is 3. The lowest BCUT2D eigenvalue weighted by atomic mass is 10.2. The lowest BCUT2D eigenvalue weighted by Crippen LogP contribution is -2.44. The summed E-state index contributed by atoms with van der Waals surface area (Å²) in [5.74, 6) is -0.685. The van der Waals surface area contributed by atoms with E-state index in [0.717, 1.165) is 0 Å². The van der Waals surface area contributed by atoms with Gasteiger partial charge in [-0.3, -0.25) is 4.79 Å². The normalized spacial score (nSPS) is 26.6. The Labute approximate surface area is 81.9 Å². The Hall–Kier alpha value is -0.690. The van der Waals surface area contributed by atoms with Gasteiger partial charge >= 0.3 is 5.97 Å². The van der Waals surface area contributed by atoms with Crippen LogP contribution in [-0.4, -0.2) is 49.3 Å². The van der Waals surface area contributed by atoms with E-state index < -0.39 is 24.4 Å². The smallest absolute Gasteiger partial charge is 0.327 e. The van der Waals surface area contributed by atoms with Crippen molar-refractivity contribution in [2.45, 2.75) is 25.4 Å². The van der Waals surface area contributed by atoms with Gasteiger partial charge in [0.25, 0.3) is 0 Å². The van der Waals surface area contributed by atoms with Crippen molar-refractivity contribution >= 4 is 5.97 Å². The van der Waals surface area contributed by atoms with Crippen LogP contribution in [-0.2, 0) is 19.0 Å². The summed E-state index contributed by atoms with van der Waals surface area (Å²) in [5, 5.41) is 9.02. The average molecular weight is 205 g/mol. The molecule has 0 aliphatic carbocycles. The Balaban J connectivity index is 2.31. The van der Waals surface area contributed by atoms with Crippen LogP contribution < -0.4 is 5.73 Å². The second-order valence-corrected chi connectivity index (χ2v) is 3.08. The highest BCUT2D eigenvalue weighted by molar-refractivity contribution is 5.76. The predicted molar refractivity (Wildman–Crippen MR) is 46.3 cm³/mol. The summed E-state index contributed by atoms with van der Waals surface area (Å²) in [5.41, 5.74) is 5.36. The molecule has 0 aromatic carbocycles. The van der Waals surface area contributed by atoms with Gasteiger partial charge in [0, 0.05) is 0 Å². The number of carbonyl (C=O) groups is 1. The van der Waals surface area contributed by atoms with Gasteiger partial charge in [-0.15, -0.1) is 0 Å². The maximum Gasteiger partial charge on any atom is 0.327 e. The van der Waals surface area contributed by atoms with Crippen LogP contribution in [0.4, 0.5) is 0 Å². The molecule has 0 radical (unpaired) electrons. The first-order chi connectivity index (χ1) is 6.61. The molecular weight excluding hydrogens is 190 g/mol. The van der Waals surface area contributed by atoms with Crippen molar-refractivity contribution in [2.24, 2.45) is 5.73 Å². The Morgan fingerprint density at radius 1 is 1.64 bits per heavy atom. The van der Waals surface area contributed by atoms with Gasteiger partial charge in [0.05, 0.1) is 19.3 Å². The molecule has 0 saturated carbocycles. The first-order valence-corrected chi connectivity index (χ1v) is 4.44. The van der Waals surface area contributed by atoms with E-state index in [1.54, 1.807) is 0 Å². The molecule has 1 fully saturated rings. The second kappa shape index (κ2) is 5.26. The summed E-state index contributed by atoms with van der Waals surface area (Å²) in [6, 6.07) is -1.04. The van der Waals surface area contributed by atoms with E-state index in [0.29, 0.717) is 13.2 Å². The van der Waals surface area contributed by atoms with E-state index in [-0.39, 0.29) is 6.61 Å². The molecule has 1 rings (SSSR count). The summed E-state index contributed by atoms with van der Waals surface area (Å²) < 4.78 is 14.9. The fourth-order valence-electron chi connectivity index (χ4n) is 0.939. The number of nitrogens with two attached hydrogens (primary N) is 1. The zero-order chi connectivity index (χ0) is 10.6. The van der Waals surface area contributed by atoms with Crippen molar-refractivity contribution in [1.29, 1.82) is 0 Å². The van der Waals surface area contributed by atoms with Gasteiger partial charge < -0.3 is 25.1 Å². The number of hydrogen-bond donors (Lipinski definition) is 2. The molecule has 1 unspecified atom stereocenters. The molecule has 6 heteroatoms. The third-order valence-electron chi connectivity index (χ3n) is 1.82. The van der Waals surface area contributed by atoms with Crippen LogP contribution in [0.5, 0.6) is 0 Å². The average Bonchev–Trinajstić information content (AvgIpc) is 2.18. The first-order valence-electron chi connectivity index (χ1n) is 4.44. The van der Waals surface area contributed by atoms with Crippen LogP contribution in [0.15, 0.2) is 0 Å². The highest BCUT2D eigenvalue weighted by Crippen LogP contribution is 2.04. The maximum atomic E-state index is 11.2. The molecule has 0 spiro atoms. The number of aliphatic hydroxyl groups is 1. The minimum atomic E-state index is -1.04. The molecule has 1 aliphatic rings. The Morgan fingerprint density at radius 2 is 2.36 bits per heavy atom. The third kappa shape index (κ3) is 3.22. The summed E-state index contributed by atoms with van der Waals surface area (Å²) in [6.45, 7) is 2.51. The molecule has 6 nitrogen and oxygen atoms in total. The number of hydrogen-bond acceptors (Lipinski definition) is 6. The van der Waals surface area contributed by atoms with E-state index in [1.165, 1.54) is 6.92 Å². The van der Waals surface area contributed by atoms with E-state index in [4.69, 9.17) is 25.1 Å². The molecule has 0 amide bonds. The largest absolute Gasteiger partial charge is 0.432 e. The topological polar surface area (TPSA) is 91.0 Å². The second-order valence-electron chi connectivity index (χ2n) is 3.08. The summed E-state index contributed by atoms with van der Waals surface area (Å²) in [6.07, 6.45) is -1.65. The van der Waals surface area contributed by atoms with Gasteiger partial charge in [-0.25, -0.2) is 0 Å². The van der Waals surface area contributed by atoms with Crippen molar-refractivity contribution < 1.29 is 24.1 Å². The summed E-state index contributed by atoms with van der Waals surface area (Å²) in [7, 11) is 0. The van der Waals surface area contributed by atoms with Crippen LogP contribution in [0.1, 0.15) is 6.92 Å². The van der Waals surface area contributed by atoms with Gasteiger partial charge in [-0.1, -0.05) is 0 Å². The number of aliphatic hydroxyl groups excluding tert-OH is 1. The minimum Gasteiger partial charge on any atom is -0.432 e. The number of rotatable bonds is 3. The van der Waals surface area contributed by atoms with Crippen molar-refractivity contribution in [3.63, 3.8) is 0 Å². The molecule has 0 aromatic rings. The molecule has 1 saturated heterocycles. The Bertz CT molecular complexity index is 190. The van der Waals surface area contributed by atoms with Crippen molar-refractivity contribution in [2.75, 3.05) is 19.8 Å². The minimum absolute atomic E-state index is 0.207. The first kappa shape index (κ1) is 11.4. The predicted octanol–water partition coefficient (Wildman–Crippen LogP) is -1.39. The summed E-state index contributed by atoms with van der Waals surface area (Å²) >= 11 is 0. The fourth-order valence-corrected chi connectivity index (χ4v) is 0.939. The van der Waals surface area contributed by atoms with Crippen molar-refractivity contribution in [3.05, 3.63) is 0 Å². The van der Waals surface area contributed by atoms with Gasteiger partial charge in [-0.05, 0) is 6.92 Å². The monoisotopic (exact) mass is 205 g/mol. The zero-order valence-electron chi connectivity index (χ0n) is 8.01. The van der Waals surface area contributed by atoms with Crippen molar-refractivity contribution in [1.82, 2.24) is 0 Å². The van der Waals surface area contributed by atoms with Crippen LogP contribution >= 0.6 is 0 Å². The van der Waals surface area contributed by atoms with E-state index in [1.807, 2.05) is 0 Å². The standard InChI is InChI=1S/C8H15NO5/c1-5(10)7(9)8(11)14-6-4-12-2-3-13-6/h5-7,10H,2-4,9H2,1H3/t5-,6?,7+/m1/s1. The van der Waals surface area contributed by atoms with Crippen molar-refractivity contribution in [3.8, 4) is 0 Å². The van der Waals surface area contributed by atoms with Crippen LogP contribution in [0.3, 0.4) is 0 Å². The lowest BCUT2D eigenvalue weighted by molar-refractivity contribution is -0.216. The van der Waals surface area contributed by atoms with E-state index in [9.17, 15) is 4.79 Å². The molecule has 14 heavy (non-hydrogen) atoms. The van der Waals surface area contributed by atoms with Gasteiger partial charge in [0.15, 0.2) is 0 Å². The quantitative estimate of drug-likeness (QED) is 0.551. The molecule has 3 atom stereocenters. The van der Waals surface area contributed by atoms with Crippen LogP contribution in [0.25, 0.3) is 0 Å². The summed E-state index contributed by atoms with van der Waals surface area (Å²) in [4.78, 5) is 11.2. The Kier molecular flexibility index (Phi) is 4.27. The van der Waals surface area contributed by atoms with Crippen LogP contribution in [0, 0.1) is 0 Å². The lowest BCUT2D eigenvalue weighted by Gasteiger charge is -2.24. The SMILES string of the molecule is C[C@@H](O)[C@H](N)C(=O)OC1COCCO1. The third-order valence-corrected chi connectivity index (χ3v) is 1.82. The molecule has 3 N–H and O–H groups in total. The highest BCUT2D eigenvalue weighted by Gasteiger charge is 2.25. The Morgan fingerprint density at radius 3 is 2.86 bits per heavy atom. The van der Waals surface area contributed by atoms with Gasteiger partial charge in [0.2, 0.25) is 6.29 Å². The van der Waals surface area contributed by atoms with Crippen LogP contribution in [0.2, 0.25) is 0 Å². The molecule has 0 bridgehead atoms. The maximum absolute atomic E-state index is 11.2. The number of carbonyl (C=O) groups excluding carboxylic acids is 1.